The van der Waals surface area contributed by atoms with Crippen LogP contribution in [0.2, 0.25) is 0 Å². The van der Waals surface area contributed by atoms with Crippen molar-refractivity contribution in [3.05, 3.63) is 29.6 Å². The number of aryl methyl sites for hydroxylation is 1. The molecule has 1 aromatic heterocycles. The zero-order valence-corrected chi connectivity index (χ0v) is 11.5. The molecule has 1 aliphatic heterocycles. The van der Waals surface area contributed by atoms with Gasteiger partial charge in [-0.25, -0.2) is 4.79 Å². The number of hydrogen-bond donors (Lipinski definition) is 1. The highest BCUT2D eigenvalue weighted by atomic mass is 16.2. The Bertz CT molecular complexity index is 556. The summed E-state index contributed by atoms with van der Waals surface area (Å²) in [5.74, 6) is -1.72. The van der Waals surface area contributed by atoms with Crippen LogP contribution in [0.1, 0.15) is 31.0 Å². The van der Waals surface area contributed by atoms with Crippen molar-refractivity contribution in [3.63, 3.8) is 0 Å². The molecule has 0 aromatic carbocycles. The third kappa shape index (κ3) is 2.68. The van der Waals surface area contributed by atoms with Gasteiger partial charge in [-0.15, -0.1) is 0 Å². The molecule has 0 bridgehead atoms. The molecular formula is C14H17N3O3. The molecular weight excluding hydrogens is 258 g/mol. The lowest BCUT2D eigenvalue weighted by Gasteiger charge is -2.30. The number of nitrogens with one attached hydrogen (secondary N) is 1. The minimum atomic E-state index is -0.776. The Kier molecular flexibility index (Phi) is 4.12. The third-order valence-corrected chi connectivity index (χ3v) is 3.36. The normalized spacial score (nSPS) is 19.2. The third-order valence-electron chi connectivity index (χ3n) is 3.36. The highest BCUT2D eigenvalue weighted by Gasteiger charge is 2.39. The summed E-state index contributed by atoms with van der Waals surface area (Å²) in [6.45, 7) is 3.85. The highest BCUT2D eigenvalue weighted by molar-refractivity contribution is 6.16. The van der Waals surface area contributed by atoms with Gasteiger partial charge in [0.1, 0.15) is 5.92 Å². The van der Waals surface area contributed by atoms with Crippen LogP contribution < -0.4 is 5.32 Å². The topological polar surface area (TPSA) is 79.4 Å². The minimum Gasteiger partial charge on any atom is -0.277 e. The van der Waals surface area contributed by atoms with Crippen LogP contribution in [-0.2, 0) is 16.1 Å². The number of pyridine rings is 1. The Morgan fingerprint density at radius 2 is 2.10 bits per heavy atom. The van der Waals surface area contributed by atoms with Crippen LogP contribution >= 0.6 is 0 Å². The molecule has 1 aromatic rings. The lowest BCUT2D eigenvalue weighted by molar-refractivity contribution is -0.143. The molecule has 1 unspecified atom stereocenters. The van der Waals surface area contributed by atoms with E-state index in [1.165, 1.54) is 0 Å². The van der Waals surface area contributed by atoms with E-state index in [2.05, 4.69) is 10.3 Å². The summed E-state index contributed by atoms with van der Waals surface area (Å²) < 4.78 is 0. The molecule has 2 heterocycles. The predicted octanol–water partition coefficient (Wildman–Crippen LogP) is 1.38. The number of imide groups is 2. The van der Waals surface area contributed by atoms with Gasteiger partial charge in [0.2, 0.25) is 11.8 Å². The molecule has 0 saturated carbocycles. The molecule has 0 aliphatic carbocycles. The van der Waals surface area contributed by atoms with Gasteiger partial charge in [-0.1, -0.05) is 19.4 Å². The molecule has 6 heteroatoms. The van der Waals surface area contributed by atoms with E-state index in [-0.39, 0.29) is 6.54 Å². The predicted molar refractivity (Wildman–Crippen MR) is 71.5 cm³/mol. The van der Waals surface area contributed by atoms with Crippen molar-refractivity contribution in [2.45, 2.75) is 33.2 Å². The summed E-state index contributed by atoms with van der Waals surface area (Å²) >= 11 is 0. The van der Waals surface area contributed by atoms with E-state index in [1.807, 2.05) is 19.9 Å². The first kappa shape index (κ1) is 14.2. The number of urea groups is 1. The number of nitrogens with zero attached hydrogens (tertiary/aromatic N) is 2. The maximum atomic E-state index is 12.3. The van der Waals surface area contributed by atoms with Gasteiger partial charge in [-0.05, 0) is 25.0 Å². The quantitative estimate of drug-likeness (QED) is 0.842. The number of carbonyl (C=O) groups is 3. The molecule has 2 rings (SSSR count). The van der Waals surface area contributed by atoms with Gasteiger partial charge in [-0.3, -0.25) is 24.8 Å². The largest absolute Gasteiger partial charge is 0.331 e. The molecule has 1 atom stereocenters. The van der Waals surface area contributed by atoms with Crippen molar-refractivity contribution in [2.24, 2.45) is 5.92 Å². The van der Waals surface area contributed by atoms with Crippen molar-refractivity contribution in [3.8, 4) is 0 Å². The smallest absolute Gasteiger partial charge is 0.277 e. The van der Waals surface area contributed by atoms with E-state index in [0.29, 0.717) is 18.5 Å². The molecule has 1 fully saturated rings. The van der Waals surface area contributed by atoms with E-state index in [4.69, 9.17) is 0 Å². The van der Waals surface area contributed by atoms with E-state index in [0.717, 1.165) is 10.5 Å². The SMILES string of the molecule is CCCC1C(=O)NC(=O)N(Cc2ncccc2C)C1=O. The molecule has 106 valence electrons. The lowest BCUT2D eigenvalue weighted by atomic mass is 9.99. The van der Waals surface area contributed by atoms with E-state index >= 15 is 0 Å². The monoisotopic (exact) mass is 275 g/mol. The van der Waals surface area contributed by atoms with Crippen LogP contribution in [-0.4, -0.2) is 27.7 Å². The molecule has 0 radical (unpaired) electrons. The number of hydrogen-bond acceptors (Lipinski definition) is 4. The van der Waals surface area contributed by atoms with Crippen molar-refractivity contribution in [1.82, 2.24) is 15.2 Å². The van der Waals surface area contributed by atoms with Crippen molar-refractivity contribution >= 4 is 17.8 Å². The van der Waals surface area contributed by atoms with Gasteiger partial charge in [0.25, 0.3) is 0 Å². The Morgan fingerprint density at radius 1 is 1.35 bits per heavy atom. The fourth-order valence-electron chi connectivity index (χ4n) is 2.19. The summed E-state index contributed by atoms with van der Waals surface area (Å²) in [5, 5.41) is 2.23. The summed E-state index contributed by atoms with van der Waals surface area (Å²) in [5.41, 5.74) is 1.55. The number of carbonyl (C=O) groups excluding carboxylic acids is 3. The van der Waals surface area contributed by atoms with Crippen molar-refractivity contribution in [2.75, 3.05) is 0 Å². The molecule has 1 aliphatic rings. The summed E-state index contributed by atoms with van der Waals surface area (Å²) in [6, 6.07) is 2.99. The Balaban J connectivity index is 2.22. The van der Waals surface area contributed by atoms with Crippen LogP contribution in [0.25, 0.3) is 0 Å². The fourth-order valence-corrected chi connectivity index (χ4v) is 2.19. The summed E-state index contributed by atoms with van der Waals surface area (Å²) in [7, 11) is 0. The molecule has 4 amide bonds. The lowest BCUT2D eigenvalue weighted by Crippen LogP contribution is -2.57. The fraction of sp³-hybridized carbons (Fsp3) is 0.429. The zero-order valence-electron chi connectivity index (χ0n) is 11.5. The van der Waals surface area contributed by atoms with E-state index in [9.17, 15) is 14.4 Å². The Labute approximate surface area is 117 Å². The molecule has 6 nitrogen and oxygen atoms in total. The first-order valence-electron chi connectivity index (χ1n) is 6.61. The van der Waals surface area contributed by atoms with Crippen molar-refractivity contribution < 1.29 is 14.4 Å². The molecule has 1 saturated heterocycles. The van der Waals surface area contributed by atoms with Gasteiger partial charge >= 0.3 is 6.03 Å². The molecule has 0 spiro atoms. The van der Waals surface area contributed by atoms with Gasteiger partial charge in [0, 0.05) is 6.20 Å². The van der Waals surface area contributed by atoms with Crippen LogP contribution in [0, 0.1) is 12.8 Å². The zero-order chi connectivity index (χ0) is 14.7. The second-order valence-corrected chi connectivity index (χ2v) is 4.83. The number of rotatable bonds is 4. The standard InChI is InChI=1S/C14H17N3O3/c1-3-5-10-12(18)16-14(20)17(13(10)19)8-11-9(2)6-4-7-15-11/h4,6-7,10H,3,5,8H2,1-2H3,(H,16,18,20). The van der Waals surface area contributed by atoms with Gasteiger partial charge in [-0.2, -0.15) is 0 Å². The number of amides is 4. The summed E-state index contributed by atoms with van der Waals surface area (Å²) in [6.07, 6.45) is 2.76. The first-order valence-corrected chi connectivity index (χ1v) is 6.61. The van der Waals surface area contributed by atoms with Gasteiger partial charge in [0.15, 0.2) is 0 Å². The van der Waals surface area contributed by atoms with Crippen LogP contribution in [0.15, 0.2) is 18.3 Å². The average Bonchev–Trinajstić information content (AvgIpc) is 2.41. The van der Waals surface area contributed by atoms with E-state index in [1.54, 1.807) is 12.3 Å². The first-order chi connectivity index (χ1) is 9.54. The second-order valence-electron chi connectivity index (χ2n) is 4.83. The van der Waals surface area contributed by atoms with Crippen LogP contribution in [0.5, 0.6) is 0 Å². The van der Waals surface area contributed by atoms with Gasteiger partial charge < -0.3 is 0 Å². The van der Waals surface area contributed by atoms with Crippen LogP contribution in [0.4, 0.5) is 4.79 Å². The average molecular weight is 275 g/mol. The van der Waals surface area contributed by atoms with Crippen LogP contribution in [0.3, 0.4) is 0 Å². The molecule has 1 N–H and O–H groups in total. The maximum absolute atomic E-state index is 12.3. The van der Waals surface area contributed by atoms with Crippen molar-refractivity contribution in [1.29, 1.82) is 0 Å². The number of aromatic nitrogens is 1. The highest BCUT2D eigenvalue weighted by Crippen LogP contribution is 2.18. The minimum absolute atomic E-state index is 0.0881. The Morgan fingerprint density at radius 3 is 2.75 bits per heavy atom. The number of barbiturate groups is 1. The maximum Gasteiger partial charge on any atom is 0.331 e. The Hall–Kier alpha value is -2.24. The van der Waals surface area contributed by atoms with Gasteiger partial charge in [0.05, 0.1) is 12.2 Å². The van der Waals surface area contributed by atoms with E-state index < -0.39 is 23.8 Å². The summed E-state index contributed by atoms with van der Waals surface area (Å²) in [4.78, 5) is 41.0. The second kappa shape index (κ2) is 5.81. The molecule has 20 heavy (non-hydrogen) atoms.